The van der Waals surface area contributed by atoms with Gasteiger partial charge >= 0.3 is 0 Å². The lowest BCUT2D eigenvalue weighted by Gasteiger charge is -2.33. The van der Waals surface area contributed by atoms with Gasteiger partial charge < -0.3 is 9.47 Å². The Hall–Kier alpha value is -3.76. The molecule has 0 spiro atoms. The van der Waals surface area contributed by atoms with Gasteiger partial charge in [0.1, 0.15) is 22.6 Å². The third-order valence-electron chi connectivity index (χ3n) is 7.94. The number of fused-ring (bicyclic) bond motifs is 1. The number of alkyl halides is 2. The highest BCUT2D eigenvalue weighted by Gasteiger charge is 2.47. The first-order valence-electron chi connectivity index (χ1n) is 14.5. The van der Waals surface area contributed by atoms with Gasteiger partial charge in [0.25, 0.3) is 5.92 Å². The van der Waals surface area contributed by atoms with E-state index in [2.05, 4.69) is 9.71 Å². The fourth-order valence-electron chi connectivity index (χ4n) is 5.58. The maximum Gasteiger partial charge on any atom is 0.273 e. The Morgan fingerprint density at radius 1 is 1.09 bits per heavy atom. The van der Waals surface area contributed by atoms with Gasteiger partial charge in [0, 0.05) is 49.1 Å². The van der Waals surface area contributed by atoms with Crippen molar-refractivity contribution in [3.63, 3.8) is 0 Å². The molecule has 2 unspecified atom stereocenters. The predicted molar refractivity (Wildman–Crippen MR) is 161 cm³/mol. The maximum atomic E-state index is 15.1. The number of halogens is 3. The number of hydrogen-bond acceptors (Lipinski definition) is 3. The average molecular weight is 609 g/mol. The molecule has 3 aromatic carbocycles. The first kappa shape index (κ1) is 30.7. The van der Waals surface area contributed by atoms with Crippen molar-refractivity contribution >= 4 is 22.6 Å². The molecule has 1 saturated carbocycles. The van der Waals surface area contributed by atoms with Gasteiger partial charge in [0.15, 0.2) is 0 Å². The van der Waals surface area contributed by atoms with Crippen LogP contribution in [0, 0.1) is 11.7 Å². The van der Waals surface area contributed by atoms with Gasteiger partial charge in [-0.3, -0.25) is 4.79 Å². The molecule has 1 amide bonds. The summed E-state index contributed by atoms with van der Waals surface area (Å²) in [6.45, 7) is 4.17. The van der Waals surface area contributed by atoms with Crippen molar-refractivity contribution in [3.05, 3.63) is 114 Å². The summed E-state index contributed by atoms with van der Waals surface area (Å²) >= 11 is 0. The first-order chi connectivity index (χ1) is 20.7. The highest BCUT2D eigenvalue weighted by Crippen LogP contribution is 2.50. The van der Waals surface area contributed by atoms with Gasteiger partial charge in [0.2, 0.25) is 5.91 Å². The Labute approximate surface area is 252 Å². The Morgan fingerprint density at radius 3 is 2.56 bits per heavy atom. The lowest BCUT2D eigenvalue weighted by atomic mass is 9.85. The Bertz CT molecular complexity index is 1610. The summed E-state index contributed by atoms with van der Waals surface area (Å²) in [4.78, 5) is 20.2. The number of amides is 1. The molecule has 2 aliphatic rings. The smallest absolute Gasteiger partial charge is 0.273 e. The summed E-state index contributed by atoms with van der Waals surface area (Å²) in [6, 6.07) is 19.1. The second-order valence-corrected chi connectivity index (χ2v) is 11.9. The van der Waals surface area contributed by atoms with E-state index in [0.29, 0.717) is 17.9 Å². The number of aromatic nitrogens is 2. The fourth-order valence-corrected chi connectivity index (χ4v) is 6.64. The van der Waals surface area contributed by atoms with Crippen LogP contribution in [0.3, 0.4) is 0 Å². The molecular formula is C33H35F3N4O2S. The number of carbonyl (C=O) groups is 1. The van der Waals surface area contributed by atoms with Crippen molar-refractivity contribution in [2.45, 2.75) is 62.4 Å². The number of nitrogens with one attached hydrogen (secondary N) is 1. The Morgan fingerprint density at radius 2 is 1.86 bits per heavy atom. The Balaban J connectivity index is 0.00000180. The number of nitrogens with zero attached hydrogens (tertiary/aromatic N) is 3. The molecule has 1 N–H and O–H groups in total. The van der Waals surface area contributed by atoms with Crippen LogP contribution in [0.1, 0.15) is 67.6 Å². The van der Waals surface area contributed by atoms with Crippen LogP contribution in [0.4, 0.5) is 18.9 Å². The third kappa shape index (κ3) is 6.60. The molecule has 10 heteroatoms. The predicted octanol–water partition coefficient (Wildman–Crippen LogP) is 7.16. The van der Waals surface area contributed by atoms with Crippen LogP contribution in [0.2, 0.25) is 0 Å². The molecule has 6 nitrogen and oxygen atoms in total. The number of anilines is 1. The average Bonchev–Trinajstić information content (AvgIpc) is 3.72. The van der Waals surface area contributed by atoms with Gasteiger partial charge in [-0.1, -0.05) is 56.3 Å². The summed E-state index contributed by atoms with van der Waals surface area (Å²) in [5, 5.41) is 0. The van der Waals surface area contributed by atoms with E-state index in [4.69, 9.17) is 0 Å². The lowest BCUT2D eigenvalue weighted by molar-refractivity contribution is -0.120. The quantitative estimate of drug-likeness (QED) is 0.231. The van der Waals surface area contributed by atoms with Crippen molar-refractivity contribution < 1.29 is 22.2 Å². The molecule has 2 aliphatic carbocycles. The summed E-state index contributed by atoms with van der Waals surface area (Å²) in [5.41, 5.74) is 1.67. The molecule has 6 rings (SSSR count). The van der Waals surface area contributed by atoms with Crippen molar-refractivity contribution in [2.75, 3.05) is 4.90 Å². The van der Waals surface area contributed by atoms with Crippen LogP contribution in [-0.2, 0) is 35.3 Å². The number of aryl methyl sites for hydroxylation is 1. The number of hydrogen-bond donors (Lipinski definition) is 1. The van der Waals surface area contributed by atoms with E-state index in [-0.39, 0.29) is 46.7 Å². The number of benzene rings is 3. The minimum Gasteiger partial charge on any atom is -0.337 e. The summed E-state index contributed by atoms with van der Waals surface area (Å²) in [7, 11) is 0.00661. The van der Waals surface area contributed by atoms with E-state index in [9.17, 15) is 13.4 Å². The molecule has 1 aromatic heterocycles. The van der Waals surface area contributed by atoms with Gasteiger partial charge in [-0.15, -0.1) is 0 Å². The van der Waals surface area contributed by atoms with Crippen LogP contribution in [0.15, 0.2) is 90.1 Å². The van der Waals surface area contributed by atoms with Crippen LogP contribution < -0.4 is 9.62 Å². The number of carbonyl (C=O) groups excluding carboxylic acids is 1. The summed E-state index contributed by atoms with van der Waals surface area (Å²) in [5.74, 6) is -3.19. The molecule has 4 atom stereocenters. The van der Waals surface area contributed by atoms with Crippen molar-refractivity contribution in [1.82, 2.24) is 14.3 Å². The van der Waals surface area contributed by atoms with Crippen LogP contribution >= 0.6 is 0 Å². The molecule has 43 heavy (non-hydrogen) atoms. The zero-order valence-corrected chi connectivity index (χ0v) is 25.2. The normalized spacial score (nSPS) is 20.7. The lowest BCUT2D eigenvalue weighted by Crippen LogP contribution is -2.35. The van der Waals surface area contributed by atoms with Crippen molar-refractivity contribution in [1.29, 1.82) is 0 Å². The van der Waals surface area contributed by atoms with Gasteiger partial charge in [-0.05, 0) is 60.2 Å². The summed E-state index contributed by atoms with van der Waals surface area (Å²) < 4.78 is 61.7. The van der Waals surface area contributed by atoms with Crippen molar-refractivity contribution in [2.24, 2.45) is 13.0 Å². The Kier molecular flexibility index (Phi) is 9.17. The molecule has 1 fully saturated rings. The summed E-state index contributed by atoms with van der Waals surface area (Å²) in [6.07, 6.45) is 3.75. The molecule has 226 valence electrons. The third-order valence-corrected chi connectivity index (χ3v) is 9.13. The van der Waals surface area contributed by atoms with Crippen molar-refractivity contribution in [3.8, 4) is 0 Å². The molecule has 0 aliphatic heterocycles. The molecule has 1 heterocycles. The van der Waals surface area contributed by atoms with E-state index in [1.807, 2.05) is 55.8 Å². The minimum absolute atomic E-state index is 0.0243. The SMILES string of the molecule is CC.Cn1ccnc1CN(C(=O)[C@H]1C[C@@H]1c1ccccc1)c1ccc2c(c1)C(NS(=O)c1cccc(F)c1)CCC2(F)F. The van der Waals surface area contributed by atoms with E-state index in [0.717, 1.165) is 11.6 Å². The van der Waals surface area contributed by atoms with E-state index >= 15 is 8.78 Å². The fraction of sp³-hybridized carbons (Fsp3) is 0.333. The molecule has 4 aromatic rings. The van der Waals surface area contributed by atoms with E-state index < -0.39 is 35.2 Å². The highest BCUT2D eigenvalue weighted by atomic mass is 32.2. The molecule has 0 radical (unpaired) electrons. The van der Waals surface area contributed by atoms with Gasteiger partial charge in [0.05, 0.1) is 11.4 Å². The number of rotatable bonds is 8. The first-order valence-corrected chi connectivity index (χ1v) is 15.6. The second kappa shape index (κ2) is 12.9. The number of imidazole rings is 1. The monoisotopic (exact) mass is 608 g/mol. The molecular weight excluding hydrogens is 573 g/mol. The van der Waals surface area contributed by atoms with Crippen LogP contribution in [0.25, 0.3) is 0 Å². The van der Waals surface area contributed by atoms with Gasteiger partial charge in [-0.25, -0.2) is 27.1 Å². The van der Waals surface area contributed by atoms with E-state index in [1.54, 1.807) is 29.4 Å². The van der Waals surface area contributed by atoms with Crippen LogP contribution in [0.5, 0.6) is 0 Å². The second-order valence-electron chi connectivity index (χ2n) is 10.6. The van der Waals surface area contributed by atoms with E-state index in [1.165, 1.54) is 24.3 Å². The van der Waals surface area contributed by atoms with Gasteiger partial charge in [-0.2, -0.15) is 0 Å². The maximum absolute atomic E-state index is 15.1. The standard InChI is InChI=1S/C31H29F3N4O2S.C2H6/c1-37-15-14-35-29(37)19-38(30(39)25-18-24(25)20-6-3-2-4-7-20)22-10-11-27-26(17-22)28(12-13-31(27,33)34)36-41(40)23-9-5-8-21(32)16-23;1-2/h2-11,14-17,24-25,28,36H,12-13,18-19H2,1H3;1-2H3/t24-,25+,28?,41?;/m1./s1. The zero-order valence-electron chi connectivity index (χ0n) is 24.3. The van der Waals surface area contributed by atoms with Crippen LogP contribution in [-0.4, -0.2) is 19.7 Å². The molecule has 0 saturated heterocycles. The highest BCUT2D eigenvalue weighted by molar-refractivity contribution is 7.83. The minimum atomic E-state index is -3.07. The largest absolute Gasteiger partial charge is 0.337 e. The topological polar surface area (TPSA) is 67.2 Å². The molecule has 0 bridgehead atoms. The zero-order chi connectivity index (χ0) is 30.7.